The van der Waals surface area contributed by atoms with E-state index in [-0.39, 0.29) is 42.4 Å². The summed E-state index contributed by atoms with van der Waals surface area (Å²) in [6.45, 7) is 3.18. The van der Waals surface area contributed by atoms with Crippen LogP contribution in [0.1, 0.15) is 57.4 Å². The lowest BCUT2D eigenvalue weighted by Gasteiger charge is -2.23. The van der Waals surface area contributed by atoms with Crippen molar-refractivity contribution in [1.29, 1.82) is 0 Å². The van der Waals surface area contributed by atoms with Gasteiger partial charge in [-0.2, -0.15) is 0 Å². The number of ether oxygens (including phenoxy) is 3. The van der Waals surface area contributed by atoms with E-state index >= 15 is 0 Å². The molecule has 6 nitrogen and oxygen atoms in total. The Hall–Kier alpha value is -2.02. The van der Waals surface area contributed by atoms with Crippen molar-refractivity contribution in [1.82, 2.24) is 0 Å². The van der Waals surface area contributed by atoms with Crippen molar-refractivity contribution in [2.75, 3.05) is 7.11 Å². The molecule has 0 spiro atoms. The molecule has 4 rings (SSSR count). The van der Waals surface area contributed by atoms with Gasteiger partial charge in [-0.3, -0.25) is 9.59 Å². The van der Waals surface area contributed by atoms with E-state index in [2.05, 4.69) is 0 Å². The summed E-state index contributed by atoms with van der Waals surface area (Å²) in [6.07, 6.45) is -0.328. The molecule has 1 aromatic rings. The van der Waals surface area contributed by atoms with Crippen molar-refractivity contribution < 1.29 is 28.9 Å². The van der Waals surface area contributed by atoms with E-state index in [0.717, 1.165) is 11.1 Å². The largest absolute Gasteiger partial charge is 0.492 e. The minimum atomic E-state index is -0.325. The summed E-state index contributed by atoms with van der Waals surface area (Å²) in [5.74, 6) is -0.472. The van der Waals surface area contributed by atoms with Gasteiger partial charge in [0, 0.05) is 23.1 Å². The molecule has 3 aliphatic rings. The summed E-state index contributed by atoms with van der Waals surface area (Å²) in [5, 5.41) is 9.78. The van der Waals surface area contributed by atoms with Gasteiger partial charge in [0.25, 0.3) is 0 Å². The highest BCUT2D eigenvalue weighted by Gasteiger charge is 2.46. The fourth-order valence-corrected chi connectivity index (χ4v) is 4.03. The zero-order valence-electron chi connectivity index (χ0n) is 13.7. The Morgan fingerprint density at radius 2 is 2.04 bits per heavy atom. The first-order chi connectivity index (χ1) is 11.5. The molecule has 24 heavy (non-hydrogen) atoms. The molecule has 1 heterocycles. The second kappa shape index (κ2) is 5.24. The molecule has 1 N–H and O–H groups in total. The summed E-state index contributed by atoms with van der Waals surface area (Å²) in [4.78, 5) is 25.5. The molecule has 126 valence electrons. The van der Waals surface area contributed by atoms with Crippen LogP contribution in [0, 0.1) is 0 Å². The van der Waals surface area contributed by atoms with E-state index in [1.807, 2.05) is 6.92 Å². The maximum Gasteiger partial charge on any atom is 0.228 e. The molecule has 0 bridgehead atoms. The second-order valence-corrected chi connectivity index (χ2v) is 6.33. The minimum Gasteiger partial charge on any atom is -0.492 e. The first-order valence-corrected chi connectivity index (χ1v) is 7.92. The number of methoxy groups -OCH3 is 1. The van der Waals surface area contributed by atoms with Gasteiger partial charge in [-0.15, -0.1) is 0 Å². The standard InChI is InChI=1S/C18H18O6/c1-7-15(20)14-10-5-12-18(24-8(2)23-12)13(10)9(6-19)4-11(14)16(21)17(7)22-3/h4,8,12,18-19H,5-6H2,1-3H3. The summed E-state index contributed by atoms with van der Waals surface area (Å²) in [6, 6.07) is 1.59. The Balaban J connectivity index is 1.96. The number of allylic oxidation sites excluding steroid dienone is 2. The van der Waals surface area contributed by atoms with Crippen LogP contribution in [0.25, 0.3) is 0 Å². The topological polar surface area (TPSA) is 82.1 Å². The van der Waals surface area contributed by atoms with Crippen LogP contribution in [-0.2, 0) is 27.2 Å². The molecule has 0 radical (unpaired) electrons. The highest BCUT2D eigenvalue weighted by Crippen LogP contribution is 2.47. The van der Waals surface area contributed by atoms with Crippen molar-refractivity contribution in [3.05, 3.63) is 45.2 Å². The van der Waals surface area contributed by atoms with Crippen LogP contribution in [0.5, 0.6) is 0 Å². The number of carbonyl (C=O) groups excluding carboxylic acids is 2. The van der Waals surface area contributed by atoms with Crippen LogP contribution in [0.3, 0.4) is 0 Å². The fourth-order valence-electron chi connectivity index (χ4n) is 4.03. The molecule has 1 fully saturated rings. The van der Waals surface area contributed by atoms with Crippen molar-refractivity contribution in [3.63, 3.8) is 0 Å². The van der Waals surface area contributed by atoms with Gasteiger partial charge in [-0.05, 0) is 36.6 Å². The van der Waals surface area contributed by atoms with Crippen molar-refractivity contribution in [2.24, 2.45) is 0 Å². The van der Waals surface area contributed by atoms with Gasteiger partial charge in [0.2, 0.25) is 5.78 Å². The molecule has 1 aliphatic heterocycles. The van der Waals surface area contributed by atoms with Gasteiger partial charge in [-0.1, -0.05) is 0 Å². The molecule has 6 heteroatoms. The number of ketones is 2. The van der Waals surface area contributed by atoms with Crippen LogP contribution in [0.4, 0.5) is 0 Å². The lowest BCUT2D eigenvalue weighted by molar-refractivity contribution is -0.0534. The Morgan fingerprint density at radius 1 is 1.29 bits per heavy atom. The number of rotatable bonds is 2. The van der Waals surface area contributed by atoms with Crippen molar-refractivity contribution >= 4 is 11.6 Å². The van der Waals surface area contributed by atoms with Gasteiger partial charge >= 0.3 is 0 Å². The molecule has 0 amide bonds. The zero-order chi connectivity index (χ0) is 17.2. The lowest BCUT2D eigenvalue weighted by Crippen LogP contribution is -2.25. The van der Waals surface area contributed by atoms with E-state index < -0.39 is 0 Å². The number of hydrogen-bond acceptors (Lipinski definition) is 6. The van der Waals surface area contributed by atoms with Gasteiger partial charge in [0.1, 0.15) is 6.10 Å². The summed E-state index contributed by atoms with van der Waals surface area (Å²) < 4.78 is 16.7. The summed E-state index contributed by atoms with van der Waals surface area (Å²) in [7, 11) is 1.38. The Bertz CT molecular complexity index is 806. The Labute approximate surface area is 139 Å². The molecule has 0 saturated carbocycles. The SMILES string of the molecule is COC1=C(C)C(=O)c2c(cc(CO)c3c2CC2OC(C)OC32)C1=O. The molecule has 3 atom stereocenters. The van der Waals surface area contributed by atoms with Gasteiger partial charge < -0.3 is 19.3 Å². The maximum absolute atomic E-state index is 12.8. The fraction of sp³-hybridized carbons (Fsp3) is 0.444. The average Bonchev–Trinajstić information content (AvgIpc) is 3.08. The summed E-state index contributed by atoms with van der Waals surface area (Å²) in [5.41, 5.74) is 3.15. The van der Waals surface area contributed by atoms with E-state index in [1.54, 1.807) is 13.0 Å². The monoisotopic (exact) mass is 330 g/mol. The molecule has 0 aromatic heterocycles. The molecular formula is C18H18O6. The Kier molecular flexibility index (Phi) is 3.38. The summed E-state index contributed by atoms with van der Waals surface area (Å²) >= 11 is 0. The average molecular weight is 330 g/mol. The van der Waals surface area contributed by atoms with Crippen LogP contribution >= 0.6 is 0 Å². The number of aliphatic hydroxyl groups excluding tert-OH is 1. The predicted octanol–water partition coefficient (Wildman–Crippen LogP) is 1.84. The van der Waals surface area contributed by atoms with Crippen molar-refractivity contribution in [2.45, 2.75) is 45.4 Å². The van der Waals surface area contributed by atoms with Crippen LogP contribution in [0.15, 0.2) is 17.4 Å². The van der Waals surface area contributed by atoms with Gasteiger partial charge in [-0.25, -0.2) is 0 Å². The molecule has 3 unspecified atom stereocenters. The van der Waals surface area contributed by atoms with Gasteiger partial charge in [0.05, 0.1) is 19.8 Å². The normalized spacial score (nSPS) is 28.1. The quantitative estimate of drug-likeness (QED) is 0.891. The number of carbonyl (C=O) groups is 2. The molecule has 2 aliphatic carbocycles. The van der Waals surface area contributed by atoms with Crippen LogP contribution in [-0.4, -0.2) is 36.2 Å². The van der Waals surface area contributed by atoms with E-state index in [1.165, 1.54) is 7.11 Å². The second-order valence-electron chi connectivity index (χ2n) is 6.33. The van der Waals surface area contributed by atoms with Gasteiger partial charge in [0.15, 0.2) is 17.8 Å². The number of Topliss-reactive ketones (excluding diaryl/α,β-unsaturated/α-hetero) is 2. The van der Waals surface area contributed by atoms with Crippen LogP contribution in [0.2, 0.25) is 0 Å². The zero-order valence-corrected chi connectivity index (χ0v) is 13.7. The molecule has 1 saturated heterocycles. The van der Waals surface area contributed by atoms with E-state index in [9.17, 15) is 14.7 Å². The first-order valence-electron chi connectivity index (χ1n) is 7.92. The lowest BCUT2D eigenvalue weighted by atomic mass is 9.82. The predicted molar refractivity (Wildman–Crippen MR) is 82.6 cm³/mol. The number of fused-ring (bicyclic) bond motifs is 5. The third kappa shape index (κ3) is 1.87. The van der Waals surface area contributed by atoms with E-state index in [4.69, 9.17) is 14.2 Å². The minimum absolute atomic E-state index is 0.0654. The Morgan fingerprint density at radius 3 is 2.71 bits per heavy atom. The van der Waals surface area contributed by atoms with Crippen LogP contribution < -0.4 is 0 Å². The third-order valence-electron chi connectivity index (χ3n) is 5.03. The number of aliphatic hydroxyl groups is 1. The number of hydrogen-bond donors (Lipinski definition) is 1. The highest BCUT2D eigenvalue weighted by molar-refractivity contribution is 6.26. The molecular weight excluding hydrogens is 312 g/mol. The van der Waals surface area contributed by atoms with E-state index in [0.29, 0.717) is 28.7 Å². The maximum atomic E-state index is 12.8. The van der Waals surface area contributed by atoms with Crippen molar-refractivity contribution in [3.8, 4) is 0 Å². The highest BCUT2D eigenvalue weighted by atomic mass is 16.7. The smallest absolute Gasteiger partial charge is 0.228 e. The molecule has 1 aromatic carbocycles. The first kappa shape index (κ1) is 15.5. The number of benzene rings is 1. The third-order valence-corrected chi connectivity index (χ3v) is 5.03.